The van der Waals surface area contributed by atoms with Gasteiger partial charge >= 0.3 is 5.97 Å². The second-order valence-electron chi connectivity index (χ2n) is 6.43. The molecule has 0 unspecified atom stereocenters. The summed E-state index contributed by atoms with van der Waals surface area (Å²) in [6.07, 6.45) is 0. The Kier molecular flexibility index (Phi) is 7.10. The van der Waals surface area contributed by atoms with E-state index in [9.17, 15) is 13.2 Å². The van der Waals surface area contributed by atoms with E-state index >= 15 is 0 Å². The third-order valence-corrected chi connectivity index (χ3v) is 6.25. The van der Waals surface area contributed by atoms with Gasteiger partial charge in [-0.2, -0.15) is 4.31 Å². The Labute approximate surface area is 180 Å². The number of rotatable bonds is 8. The Morgan fingerprint density at radius 3 is 2.13 bits per heavy atom. The molecule has 0 saturated carbocycles. The summed E-state index contributed by atoms with van der Waals surface area (Å²) in [6, 6.07) is 22.0. The topological polar surface area (TPSA) is 72.9 Å². The highest BCUT2D eigenvalue weighted by molar-refractivity contribution is 7.89. The van der Waals surface area contributed by atoms with Crippen molar-refractivity contribution in [2.45, 2.75) is 11.5 Å². The summed E-state index contributed by atoms with van der Waals surface area (Å²) >= 11 is 5.79. The quantitative estimate of drug-likeness (QED) is 0.385. The lowest BCUT2D eigenvalue weighted by atomic mass is 10.2. The Balaban J connectivity index is 1.54. The molecule has 0 aliphatic heterocycles. The first-order chi connectivity index (χ1) is 14.3. The van der Waals surface area contributed by atoms with Crippen LogP contribution in [0.1, 0.15) is 5.56 Å². The van der Waals surface area contributed by atoms with E-state index in [0.29, 0.717) is 23.1 Å². The maximum Gasteiger partial charge on any atom is 0.326 e. The van der Waals surface area contributed by atoms with Gasteiger partial charge in [-0.15, -0.1) is 0 Å². The number of carbonyl (C=O) groups is 1. The van der Waals surface area contributed by atoms with Crippen LogP contribution in [-0.2, 0) is 21.4 Å². The van der Waals surface area contributed by atoms with Crippen LogP contribution < -0.4 is 9.47 Å². The molecule has 0 aliphatic rings. The number of nitrogens with zero attached hydrogens (tertiary/aromatic N) is 1. The zero-order chi connectivity index (χ0) is 21.6. The van der Waals surface area contributed by atoms with Crippen LogP contribution in [0.2, 0.25) is 5.02 Å². The predicted molar refractivity (Wildman–Crippen MR) is 114 cm³/mol. The van der Waals surface area contributed by atoms with E-state index < -0.39 is 22.5 Å². The maximum atomic E-state index is 12.5. The first-order valence-electron chi connectivity index (χ1n) is 9.04. The molecule has 0 radical (unpaired) electrons. The van der Waals surface area contributed by atoms with E-state index in [1.807, 2.05) is 30.3 Å². The number of carbonyl (C=O) groups excluding carboxylic acids is 1. The third-order valence-electron chi connectivity index (χ3n) is 4.18. The minimum atomic E-state index is -3.83. The van der Waals surface area contributed by atoms with E-state index in [0.717, 1.165) is 9.87 Å². The number of ether oxygens (including phenoxy) is 2. The van der Waals surface area contributed by atoms with Gasteiger partial charge in [-0.25, -0.2) is 8.42 Å². The van der Waals surface area contributed by atoms with E-state index in [1.165, 1.54) is 31.3 Å². The smallest absolute Gasteiger partial charge is 0.326 e. The van der Waals surface area contributed by atoms with Crippen molar-refractivity contribution < 1.29 is 22.7 Å². The number of hydrogen-bond donors (Lipinski definition) is 0. The summed E-state index contributed by atoms with van der Waals surface area (Å²) in [5.74, 6) is 0.221. The van der Waals surface area contributed by atoms with Gasteiger partial charge < -0.3 is 9.47 Å². The molecule has 0 saturated heterocycles. The number of sulfonamides is 1. The van der Waals surface area contributed by atoms with Gasteiger partial charge in [-0.05, 0) is 54.1 Å². The van der Waals surface area contributed by atoms with Gasteiger partial charge in [0.1, 0.15) is 24.7 Å². The molecule has 8 heteroatoms. The Morgan fingerprint density at radius 1 is 0.900 bits per heavy atom. The van der Waals surface area contributed by atoms with Crippen molar-refractivity contribution in [2.24, 2.45) is 0 Å². The molecule has 3 aromatic carbocycles. The van der Waals surface area contributed by atoms with E-state index in [-0.39, 0.29) is 4.90 Å². The van der Waals surface area contributed by atoms with Gasteiger partial charge in [0.25, 0.3) is 0 Å². The fourth-order valence-electron chi connectivity index (χ4n) is 2.56. The van der Waals surface area contributed by atoms with Crippen molar-refractivity contribution in [3.05, 3.63) is 89.4 Å². The van der Waals surface area contributed by atoms with Crippen molar-refractivity contribution in [3.63, 3.8) is 0 Å². The number of benzene rings is 3. The molecule has 0 atom stereocenters. The molecule has 0 aromatic heterocycles. The molecule has 0 N–H and O–H groups in total. The summed E-state index contributed by atoms with van der Waals surface area (Å²) in [5, 5.41) is 0.423. The van der Waals surface area contributed by atoms with Gasteiger partial charge in [-0.1, -0.05) is 41.9 Å². The highest BCUT2D eigenvalue weighted by atomic mass is 35.5. The van der Waals surface area contributed by atoms with Crippen LogP contribution >= 0.6 is 11.6 Å². The average molecular weight is 446 g/mol. The molecule has 30 heavy (non-hydrogen) atoms. The highest BCUT2D eigenvalue weighted by Crippen LogP contribution is 2.20. The monoisotopic (exact) mass is 445 g/mol. The summed E-state index contributed by atoms with van der Waals surface area (Å²) in [6.45, 7) is -0.00938. The maximum absolute atomic E-state index is 12.5. The van der Waals surface area contributed by atoms with Crippen LogP contribution in [0.5, 0.6) is 11.5 Å². The highest BCUT2D eigenvalue weighted by Gasteiger charge is 2.23. The summed E-state index contributed by atoms with van der Waals surface area (Å²) in [7, 11) is -2.52. The van der Waals surface area contributed by atoms with Crippen LogP contribution in [0, 0.1) is 0 Å². The van der Waals surface area contributed by atoms with Crippen LogP contribution in [0.25, 0.3) is 0 Å². The third kappa shape index (κ3) is 5.82. The second kappa shape index (κ2) is 9.75. The molecule has 3 aromatic rings. The molecular weight excluding hydrogens is 426 g/mol. The van der Waals surface area contributed by atoms with E-state index in [4.69, 9.17) is 21.1 Å². The minimum Gasteiger partial charge on any atom is -0.489 e. The standard InChI is InChI=1S/C22H20ClNO5S/c1-24(30(26,27)21-13-7-18(23)8-14-21)15-22(25)29-20-11-9-19(10-12-20)28-16-17-5-3-2-4-6-17/h2-14H,15-16H2,1H3. The molecular formula is C22H20ClNO5S. The lowest BCUT2D eigenvalue weighted by Crippen LogP contribution is -2.34. The Hall–Kier alpha value is -2.87. The molecule has 156 valence electrons. The lowest BCUT2D eigenvalue weighted by molar-refractivity contribution is -0.134. The minimum absolute atomic E-state index is 0.0436. The van der Waals surface area contributed by atoms with E-state index in [2.05, 4.69) is 0 Å². The van der Waals surface area contributed by atoms with Gasteiger partial charge in [-0.3, -0.25) is 4.79 Å². The normalized spacial score (nSPS) is 11.3. The Bertz CT molecular complexity index is 1080. The van der Waals surface area contributed by atoms with Crippen molar-refractivity contribution in [1.82, 2.24) is 4.31 Å². The first kappa shape index (κ1) is 21.8. The fourth-order valence-corrected chi connectivity index (χ4v) is 3.80. The number of halogens is 1. The van der Waals surface area contributed by atoms with Crippen LogP contribution in [-0.4, -0.2) is 32.3 Å². The number of hydrogen-bond acceptors (Lipinski definition) is 5. The summed E-state index contributed by atoms with van der Waals surface area (Å²) < 4.78 is 36.9. The lowest BCUT2D eigenvalue weighted by Gasteiger charge is -2.16. The van der Waals surface area contributed by atoms with Gasteiger partial charge in [0.2, 0.25) is 10.0 Å². The van der Waals surface area contributed by atoms with Crippen LogP contribution in [0.15, 0.2) is 83.8 Å². The zero-order valence-corrected chi connectivity index (χ0v) is 17.8. The summed E-state index contributed by atoms with van der Waals surface area (Å²) in [5.41, 5.74) is 1.04. The molecule has 0 spiro atoms. The fraction of sp³-hybridized carbons (Fsp3) is 0.136. The molecule has 0 amide bonds. The van der Waals surface area contributed by atoms with Crippen molar-refractivity contribution in [2.75, 3.05) is 13.6 Å². The number of likely N-dealkylation sites (N-methyl/N-ethyl adjacent to an activating group) is 1. The zero-order valence-electron chi connectivity index (χ0n) is 16.2. The molecule has 0 fully saturated rings. The molecule has 6 nitrogen and oxygen atoms in total. The largest absolute Gasteiger partial charge is 0.489 e. The SMILES string of the molecule is CN(CC(=O)Oc1ccc(OCc2ccccc2)cc1)S(=O)(=O)c1ccc(Cl)cc1. The molecule has 0 bridgehead atoms. The van der Waals surface area contributed by atoms with Gasteiger partial charge in [0.15, 0.2) is 0 Å². The van der Waals surface area contributed by atoms with Gasteiger partial charge in [0, 0.05) is 12.1 Å². The van der Waals surface area contributed by atoms with Crippen molar-refractivity contribution in [1.29, 1.82) is 0 Å². The number of esters is 1. The van der Waals surface area contributed by atoms with E-state index in [1.54, 1.807) is 24.3 Å². The predicted octanol–water partition coefficient (Wildman–Crippen LogP) is 4.15. The molecule has 0 aliphatic carbocycles. The first-order valence-corrected chi connectivity index (χ1v) is 10.9. The van der Waals surface area contributed by atoms with Crippen molar-refractivity contribution in [3.8, 4) is 11.5 Å². The molecule has 0 heterocycles. The second-order valence-corrected chi connectivity index (χ2v) is 8.92. The van der Waals surface area contributed by atoms with Crippen molar-refractivity contribution >= 4 is 27.6 Å². The Morgan fingerprint density at radius 2 is 1.50 bits per heavy atom. The van der Waals surface area contributed by atoms with Crippen LogP contribution in [0.3, 0.4) is 0 Å². The summed E-state index contributed by atoms with van der Waals surface area (Å²) in [4.78, 5) is 12.2. The van der Waals surface area contributed by atoms with Crippen LogP contribution in [0.4, 0.5) is 0 Å². The average Bonchev–Trinajstić information content (AvgIpc) is 2.74. The van der Waals surface area contributed by atoms with Gasteiger partial charge in [0.05, 0.1) is 4.90 Å². The molecule has 3 rings (SSSR count).